The maximum absolute atomic E-state index is 12.0. The first-order valence-corrected chi connectivity index (χ1v) is 7.89. The molecule has 0 bridgehead atoms. The molecule has 1 amide bonds. The molecule has 0 fully saturated rings. The topological polar surface area (TPSA) is 41.5 Å². The van der Waals surface area contributed by atoms with Crippen LogP contribution in [0.4, 0.5) is 0 Å². The largest absolute Gasteiger partial charge is 0.346 e. The smallest absolute Gasteiger partial charge is 0.251 e. The highest BCUT2D eigenvalue weighted by molar-refractivity contribution is 8.14. The van der Waals surface area contributed by atoms with Crippen molar-refractivity contribution in [3.63, 3.8) is 0 Å². The van der Waals surface area contributed by atoms with Crippen LogP contribution < -0.4 is 5.32 Å². The molecule has 106 valence electrons. The molecule has 0 radical (unpaired) electrons. The number of amides is 1. The number of nitrogens with zero attached hydrogens (tertiary/aromatic N) is 1. The highest BCUT2D eigenvalue weighted by Crippen LogP contribution is 2.29. The summed E-state index contributed by atoms with van der Waals surface area (Å²) in [5.74, 6) is 0.891. The lowest BCUT2D eigenvalue weighted by Crippen LogP contribution is -2.27. The number of hydrogen-bond donors (Lipinski definition) is 1. The fraction of sp³-hybridized carbons (Fsp3) is 0.176. The Morgan fingerprint density at radius 3 is 2.48 bits per heavy atom. The number of carbonyl (C=O) groups is 1. The zero-order valence-corrected chi connectivity index (χ0v) is 12.3. The molecule has 1 atom stereocenters. The number of carbonyl (C=O) groups excluding carboxylic acids is 1. The molecule has 2 aromatic carbocycles. The van der Waals surface area contributed by atoms with E-state index >= 15 is 0 Å². The van der Waals surface area contributed by atoms with Crippen molar-refractivity contribution in [3.8, 4) is 0 Å². The fourth-order valence-electron chi connectivity index (χ4n) is 2.21. The van der Waals surface area contributed by atoms with Crippen molar-refractivity contribution in [1.82, 2.24) is 5.32 Å². The third kappa shape index (κ3) is 3.52. The number of rotatable bonds is 4. The van der Waals surface area contributed by atoms with Crippen LogP contribution >= 0.6 is 11.8 Å². The Morgan fingerprint density at radius 1 is 1.10 bits per heavy atom. The van der Waals surface area contributed by atoms with E-state index in [1.807, 2.05) is 48.5 Å². The Hall–Kier alpha value is -2.07. The van der Waals surface area contributed by atoms with Gasteiger partial charge in [0.25, 0.3) is 5.91 Å². The van der Waals surface area contributed by atoms with Crippen molar-refractivity contribution >= 4 is 22.7 Å². The Kier molecular flexibility index (Phi) is 4.36. The highest BCUT2D eigenvalue weighted by atomic mass is 32.2. The molecular weight excluding hydrogens is 280 g/mol. The second-order valence-electron chi connectivity index (χ2n) is 4.81. The molecule has 3 nitrogen and oxygen atoms in total. The molecule has 0 saturated heterocycles. The van der Waals surface area contributed by atoms with Gasteiger partial charge in [-0.2, -0.15) is 0 Å². The summed E-state index contributed by atoms with van der Waals surface area (Å²) in [5.41, 5.74) is 1.91. The predicted octanol–water partition coefficient (Wildman–Crippen LogP) is 3.30. The average molecular weight is 296 g/mol. The standard InChI is InChI=1S/C17H16N2OS/c20-17(14-9-5-2-6-10-14)18-11-16-19-15(12-21-16)13-7-3-1-4-8-13/h1-10,15H,11-12H2,(H,18,20). The third-order valence-corrected chi connectivity index (χ3v) is 4.39. The van der Waals surface area contributed by atoms with E-state index in [2.05, 4.69) is 22.4 Å². The summed E-state index contributed by atoms with van der Waals surface area (Å²) < 4.78 is 0. The van der Waals surface area contributed by atoms with E-state index in [4.69, 9.17) is 0 Å². The van der Waals surface area contributed by atoms with Crippen molar-refractivity contribution in [2.75, 3.05) is 12.3 Å². The van der Waals surface area contributed by atoms with Crippen molar-refractivity contribution in [2.45, 2.75) is 6.04 Å². The number of hydrogen-bond acceptors (Lipinski definition) is 3. The van der Waals surface area contributed by atoms with E-state index in [1.54, 1.807) is 11.8 Å². The lowest BCUT2D eigenvalue weighted by molar-refractivity contribution is 0.0959. The minimum absolute atomic E-state index is 0.0536. The maximum Gasteiger partial charge on any atom is 0.251 e. The van der Waals surface area contributed by atoms with Gasteiger partial charge in [0.15, 0.2) is 0 Å². The summed E-state index contributed by atoms with van der Waals surface area (Å²) in [7, 11) is 0. The summed E-state index contributed by atoms with van der Waals surface area (Å²) in [5, 5.41) is 3.92. The number of nitrogens with one attached hydrogen (secondary N) is 1. The van der Waals surface area contributed by atoms with E-state index < -0.39 is 0 Å². The third-order valence-electron chi connectivity index (χ3n) is 3.33. The van der Waals surface area contributed by atoms with Crippen molar-refractivity contribution in [3.05, 3.63) is 71.8 Å². The van der Waals surface area contributed by atoms with Gasteiger partial charge in [-0.05, 0) is 17.7 Å². The van der Waals surface area contributed by atoms with Gasteiger partial charge in [-0.25, -0.2) is 0 Å². The first kappa shape index (κ1) is 13.9. The van der Waals surface area contributed by atoms with Crippen molar-refractivity contribution in [2.24, 2.45) is 4.99 Å². The highest BCUT2D eigenvalue weighted by Gasteiger charge is 2.19. The Labute approximate surface area is 128 Å². The number of aliphatic imine (C=N–C) groups is 1. The quantitative estimate of drug-likeness (QED) is 0.940. The molecule has 0 spiro atoms. The van der Waals surface area contributed by atoms with E-state index in [9.17, 15) is 4.79 Å². The maximum atomic E-state index is 12.0. The molecule has 4 heteroatoms. The lowest BCUT2D eigenvalue weighted by atomic mass is 10.1. The first-order chi connectivity index (χ1) is 10.3. The van der Waals surface area contributed by atoms with Crippen LogP contribution in [-0.2, 0) is 0 Å². The van der Waals surface area contributed by atoms with Gasteiger partial charge >= 0.3 is 0 Å². The summed E-state index contributed by atoms with van der Waals surface area (Å²) in [6.45, 7) is 0.502. The van der Waals surface area contributed by atoms with Crippen LogP contribution in [0.5, 0.6) is 0 Å². The molecule has 1 unspecified atom stereocenters. The normalized spacial score (nSPS) is 17.3. The van der Waals surface area contributed by atoms with E-state index in [-0.39, 0.29) is 11.9 Å². The van der Waals surface area contributed by atoms with Gasteiger partial charge in [-0.15, -0.1) is 11.8 Å². The summed E-state index contributed by atoms with van der Waals surface area (Å²) >= 11 is 1.72. The molecular formula is C17H16N2OS. The van der Waals surface area contributed by atoms with Gasteiger partial charge in [0, 0.05) is 11.3 Å². The van der Waals surface area contributed by atoms with Crippen LogP contribution in [0.2, 0.25) is 0 Å². The zero-order chi connectivity index (χ0) is 14.5. The van der Waals surface area contributed by atoms with Gasteiger partial charge < -0.3 is 5.32 Å². The molecule has 1 heterocycles. The second kappa shape index (κ2) is 6.59. The molecule has 1 aliphatic heterocycles. The summed E-state index contributed by atoms with van der Waals surface area (Å²) in [6.07, 6.45) is 0. The Balaban J connectivity index is 1.58. The predicted molar refractivity (Wildman–Crippen MR) is 87.9 cm³/mol. The van der Waals surface area contributed by atoms with E-state index in [0.717, 1.165) is 10.8 Å². The van der Waals surface area contributed by atoms with E-state index in [1.165, 1.54) is 5.56 Å². The fourth-order valence-corrected chi connectivity index (χ4v) is 3.21. The molecule has 0 aromatic heterocycles. The Morgan fingerprint density at radius 2 is 1.76 bits per heavy atom. The van der Waals surface area contributed by atoms with Crippen molar-refractivity contribution in [1.29, 1.82) is 0 Å². The SMILES string of the molecule is O=C(NCC1=NC(c2ccccc2)CS1)c1ccccc1. The molecule has 1 aliphatic rings. The first-order valence-electron chi connectivity index (χ1n) is 6.90. The average Bonchev–Trinajstić information content (AvgIpc) is 3.03. The molecule has 1 N–H and O–H groups in total. The monoisotopic (exact) mass is 296 g/mol. The minimum Gasteiger partial charge on any atom is -0.346 e. The molecule has 0 saturated carbocycles. The van der Waals surface area contributed by atoms with Gasteiger partial charge in [-0.3, -0.25) is 9.79 Å². The van der Waals surface area contributed by atoms with Crippen molar-refractivity contribution < 1.29 is 4.79 Å². The molecule has 3 rings (SSSR count). The number of benzene rings is 2. The van der Waals surface area contributed by atoms with Crippen LogP contribution in [-0.4, -0.2) is 23.2 Å². The van der Waals surface area contributed by atoms with Crippen LogP contribution in [0.3, 0.4) is 0 Å². The minimum atomic E-state index is -0.0536. The van der Waals surface area contributed by atoms with Gasteiger partial charge in [0.2, 0.25) is 0 Å². The summed E-state index contributed by atoms with van der Waals surface area (Å²) in [4.78, 5) is 16.7. The zero-order valence-electron chi connectivity index (χ0n) is 11.5. The molecule has 2 aromatic rings. The van der Waals surface area contributed by atoms with Crippen LogP contribution in [0.1, 0.15) is 22.0 Å². The second-order valence-corrected chi connectivity index (χ2v) is 5.90. The van der Waals surface area contributed by atoms with Crippen LogP contribution in [0.15, 0.2) is 65.7 Å². The van der Waals surface area contributed by atoms with Crippen LogP contribution in [0, 0.1) is 0 Å². The van der Waals surface area contributed by atoms with Gasteiger partial charge in [0.1, 0.15) is 0 Å². The lowest BCUT2D eigenvalue weighted by Gasteiger charge is -2.05. The summed E-state index contributed by atoms with van der Waals surface area (Å²) in [6, 6.07) is 19.7. The number of thioether (sulfide) groups is 1. The molecule has 0 aliphatic carbocycles. The molecule has 21 heavy (non-hydrogen) atoms. The Bertz CT molecular complexity index is 640. The van der Waals surface area contributed by atoms with Gasteiger partial charge in [-0.1, -0.05) is 48.5 Å². The van der Waals surface area contributed by atoms with E-state index in [0.29, 0.717) is 12.1 Å². The van der Waals surface area contributed by atoms with Gasteiger partial charge in [0.05, 0.1) is 17.6 Å². The van der Waals surface area contributed by atoms with Crippen LogP contribution in [0.25, 0.3) is 0 Å².